The Morgan fingerprint density at radius 1 is 1.22 bits per heavy atom. The quantitative estimate of drug-likeness (QED) is 0.618. The summed E-state index contributed by atoms with van der Waals surface area (Å²) in [5.74, 6) is -0.587. The van der Waals surface area contributed by atoms with E-state index in [1.165, 1.54) is 17.0 Å². The highest BCUT2D eigenvalue weighted by molar-refractivity contribution is 8.00. The Kier molecular flexibility index (Phi) is 5.08. The average Bonchev–Trinajstić information content (AvgIpc) is 3.56. The van der Waals surface area contributed by atoms with Crippen LogP contribution < -0.4 is 5.32 Å². The number of hydrogen-bond donors (Lipinski definition) is 1. The first-order valence-corrected chi connectivity index (χ1v) is 14.0. The fourth-order valence-corrected chi connectivity index (χ4v) is 8.55. The van der Waals surface area contributed by atoms with E-state index in [2.05, 4.69) is 57.3 Å². The van der Waals surface area contributed by atoms with Gasteiger partial charge in [0.1, 0.15) is 29.6 Å². The molecule has 2 aromatic rings. The molecular formula is C28H33N5O2S. The third-order valence-electron chi connectivity index (χ3n) is 8.37. The van der Waals surface area contributed by atoms with Crippen molar-refractivity contribution in [2.24, 2.45) is 10.4 Å². The van der Waals surface area contributed by atoms with Gasteiger partial charge < -0.3 is 19.4 Å². The maximum absolute atomic E-state index is 6.51. The standard InChI is InChI=1S/C28H33N5O2S/c1-16-14-28-11-5-6-18(24(28)29-12-9-21(28)32-16)7-8-20-22-23(35-27(3,4)34-22)26(36-20)33-13-10-19-17(2)30-15-31-25(19)33/h5-6,9-10,12-13,15-16,20,22-23,26,32H,7-8,11,14H2,1-4H3/t16?,20-,22+,23+,26+,28?/m0/s1. The van der Waals surface area contributed by atoms with Crippen molar-refractivity contribution in [3.8, 4) is 0 Å². The first-order chi connectivity index (χ1) is 17.3. The molecule has 4 aliphatic heterocycles. The van der Waals surface area contributed by atoms with E-state index in [-0.39, 0.29) is 23.0 Å². The smallest absolute Gasteiger partial charge is 0.163 e. The molecule has 1 aliphatic carbocycles. The molecule has 0 amide bonds. The van der Waals surface area contributed by atoms with Crippen molar-refractivity contribution in [1.29, 1.82) is 0 Å². The monoisotopic (exact) mass is 503 g/mol. The highest BCUT2D eigenvalue weighted by Crippen LogP contribution is 2.55. The largest absolute Gasteiger partial charge is 0.385 e. The van der Waals surface area contributed by atoms with Gasteiger partial charge in [-0.25, -0.2) is 9.97 Å². The third kappa shape index (κ3) is 3.37. The molecular weight excluding hydrogens is 470 g/mol. The summed E-state index contributed by atoms with van der Waals surface area (Å²) in [6.45, 7) is 8.37. The van der Waals surface area contributed by atoms with E-state index >= 15 is 0 Å². The summed E-state index contributed by atoms with van der Waals surface area (Å²) in [5.41, 5.74) is 5.97. The van der Waals surface area contributed by atoms with Crippen molar-refractivity contribution < 1.29 is 9.47 Å². The molecule has 7 nitrogen and oxygen atoms in total. The molecule has 3 saturated heterocycles. The van der Waals surface area contributed by atoms with E-state index in [9.17, 15) is 0 Å². The second kappa shape index (κ2) is 8.04. The zero-order valence-electron chi connectivity index (χ0n) is 21.3. The van der Waals surface area contributed by atoms with Crippen LogP contribution in [-0.2, 0) is 9.47 Å². The van der Waals surface area contributed by atoms with Crippen LogP contribution in [0.3, 0.4) is 0 Å². The number of nitrogens with zero attached hydrogens (tertiary/aromatic N) is 4. The van der Waals surface area contributed by atoms with Crippen LogP contribution in [0.5, 0.6) is 0 Å². The van der Waals surface area contributed by atoms with Crippen molar-refractivity contribution in [2.75, 3.05) is 0 Å². The fourth-order valence-electron chi connectivity index (χ4n) is 6.91. The van der Waals surface area contributed by atoms with Crippen LogP contribution in [0.2, 0.25) is 0 Å². The van der Waals surface area contributed by atoms with Gasteiger partial charge >= 0.3 is 0 Å². The number of hydrogen-bond acceptors (Lipinski definition) is 7. The van der Waals surface area contributed by atoms with Crippen molar-refractivity contribution >= 4 is 29.0 Å². The summed E-state index contributed by atoms with van der Waals surface area (Å²) < 4.78 is 15.3. The van der Waals surface area contributed by atoms with Gasteiger partial charge in [0.05, 0.1) is 16.8 Å². The molecule has 1 N–H and O–H groups in total. The van der Waals surface area contributed by atoms with Crippen molar-refractivity contribution in [2.45, 2.75) is 88.0 Å². The topological polar surface area (TPSA) is 73.6 Å². The van der Waals surface area contributed by atoms with Crippen LogP contribution in [0.15, 0.2) is 58.8 Å². The second-order valence-electron chi connectivity index (χ2n) is 11.3. The van der Waals surface area contributed by atoms with Gasteiger partial charge in [-0.15, -0.1) is 11.8 Å². The summed E-state index contributed by atoms with van der Waals surface area (Å²) in [7, 11) is 0. The fraction of sp³-hybridized carbons (Fsp3) is 0.536. The normalized spacial score (nSPS) is 36.1. The number of aliphatic imine (C=N–C) groups is 1. The van der Waals surface area contributed by atoms with Crippen LogP contribution in [0.1, 0.15) is 57.5 Å². The summed E-state index contributed by atoms with van der Waals surface area (Å²) >= 11 is 1.96. The van der Waals surface area contributed by atoms with Crippen molar-refractivity contribution in [3.63, 3.8) is 0 Å². The predicted octanol–water partition coefficient (Wildman–Crippen LogP) is 5.20. The van der Waals surface area contributed by atoms with Gasteiger partial charge in [0.2, 0.25) is 0 Å². The number of ether oxygens (including phenoxy) is 2. The number of rotatable bonds is 4. The molecule has 188 valence electrons. The van der Waals surface area contributed by atoms with E-state index < -0.39 is 5.79 Å². The molecule has 0 aromatic carbocycles. The van der Waals surface area contributed by atoms with Gasteiger partial charge in [-0.1, -0.05) is 12.2 Å². The maximum atomic E-state index is 6.51. The lowest BCUT2D eigenvalue weighted by Crippen LogP contribution is -2.30. The lowest BCUT2D eigenvalue weighted by molar-refractivity contribution is -0.148. The molecule has 8 heteroatoms. The Morgan fingerprint density at radius 3 is 2.97 bits per heavy atom. The lowest BCUT2D eigenvalue weighted by Gasteiger charge is -2.35. The highest BCUT2D eigenvalue weighted by Gasteiger charge is 2.55. The number of thioether (sulfide) groups is 1. The molecule has 0 saturated carbocycles. The molecule has 6 heterocycles. The van der Waals surface area contributed by atoms with Crippen LogP contribution in [0.4, 0.5) is 0 Å². The zero-order chi connectivity index (χ0) is 24.7. The number of fused-ring (bicyclic) bond motifs is 2. The van der Waals surface area contributed by atoms with Crippen molar-refractivity contribution in [3.05, 3.63) is 59.5 Å². The molecule has 2 aromatic heterocycles. The number of nitrogens with one attached hydrogen (secondary N) is 1. The van der Waals surface area contributed by atoms with Gasteiger partial charge in [-0.05, 0) is 71.1 Å². The number of aromatic nitrogens is 3. The Labute approximate surface area is 216 Å². The van der Waals surface area contributed by atoms with Crippen LogP contribution >= 0.6 is 11.8 Å². The number of aryl methyl sites for hydroxylation is 1. The molecule has 7 rings (SSSR count). The average molecular weight is 504 g/mol. The third-order valence-corrected chi connectivity index (χ3v) is 9.99. The minimum Gasteiger partial charge on any atom is -0.385 e. The second-order valence-corrected chi connectivity index (χ2v) is 12.6. The Hall–Kier alpha value is -2.42. The molecule has 0 radical (unpaired) electrons. The maximum Gasteiger partial charge on any atom is 0.163 e. The lowest BCUT2D eigenvalue weighted by atomic mass is 9.71. The SMILES string of the molecule is Cc1ncnc2c1ccn2[C@@H]1S[C@@H](CCC2=C3N=CC=C4NC(C)CC43CC=C2)[C@H]2OC(C)(C)O[C@H]21. The van der Waals surface area contributed by atoms with Gasteiger partial charge in [0.15, 0.2) is 5.79 Å². The first kappa shape index (κ1) is 22.8. The van der Waals surface area contributed by atoms with Gasteiger partial charge in [0.25, 0.3) is 0 Å². The summed E-state index contributed by atoms with van der Waals surface area (Å²) in [6.07, 6.45) is 16.8. The Morgan fingerprint density at radius 2 is 2.08 bits per heavy atom. The molecule has 6 atom stereocenters. The Bertz CT molecular complexity index is 1360. The van der Waals surface area contributed by atoms with Crippen LogP contribution in [0.25, 0.3) is 11.0 Å². The molecule has 36 heavy (non-hydrogen) atoms. The van der Waals surface area contributed by atoms with Gasteiger partial charge in [0, 0.05) is 34.8 Å². The molecule has 5 aliphatic rings. The minimum absolute atomic E-state index is 0.0196. The molecule has 2 unspecified atom stereocenters. The summed E-state index contributed by atoms with van der Waals surface area (Å²) in [5, 5.41) is 5.22. The predicted molar refractivity (Wildman–Crippen MR) is 143 cm³/mol. The van der Waals surface area contributed by atoms with Crippen molar-refractivity contribution in [1.82, 2.24) is 19.9 Å². The number of allylic oxidation sites excluding steroid dienone is 4. The van der Waals surface area contributed by atoms with Gasteiger partial charge in [-0.3, -0.25) is 4.99 Å². The van der Waals surface area contributed by atoms with Crippen LogP contribution in [0, 0.1) is 12.3 Å². The highest BCUT2D eigenvalue weighted by atomic mass is 32.2. The molecule has 0 bridgehead atoms. The first-order valence-electron chi connectivity index (χ1n) is 13.1. The number of dihydropyridines is 1. The minimum atomic E-state index is -0.587. The Balaban J connectivity index is 1.18. The van der Waals surface area contributed by atoms with Gasteiger partial charge in [-0.2, -0.15) is 0 Å². The van der Waals surface area contributed by atoms with E-state index in [0.29, 0.717) is 11.3 Å². The van der Waals surface area contributed by atoms with Crippen LogP contribution in [-0.4, -0.2) is 50.0 Å². The zero-order valence-corrected chi connectivity index (χ0v) is 22.1. The van der Waals surface area contributed by atoms with E-state index in [1.54, 1.807) is 6.33 Å². The van der Waals surface area contributed by atoms with E-state index in [4.69, 9.17) is 14.5 Å². The molecule has 1 spiro atoms. The van der Waals surface area contributed by atoms with E-state index in [1.807, 2.05) is 38.7 Å². The van der Waals surface area contributed by atoms with E-state index in [0.717, 1.165) is 42.4 Å². The molecule has 3 fully saturated rings. The summed E-state index contributed by atoms with van der Waals surface area (Å²) in [6, 6.07) is 2.60. The summed E-state index contributed by atoms with van der Waals surface area (Å²) in [4.78, 5) is 13.9.